The van der Waals surface area contributed by atoms with E-state index < -0.39 is 0 Å². The average molecular weight is 357 g/mol. The van der Waals surface area contributed by atoms with E-state index in [4.69, 9.17) is 4.74 Å². The van der Waals surface area contributed by atoms with Gasteiger partial charge in [0.1, 0.15) is 0 Å². The van der Waals surface area contributed by atoms with Gasteiger partial charge in [0, 0.05) is 30.2 Å². The zero-order valence-corrected chi connectivity index (χ0v) is 15.3. The maximum atomic E-state index is 5.23. The summed E-state index contributed by atoms with van der Waals surface area (Å²) in [5.74, 6) is 0. The van der Waals surface area contributed by atoms with Crippen LogP contribution in [0.15, 0.2) is 28.7 Å². The van der Waals surface area contributed by atoms with Crippen LogP contribution in [0.4, 0.5) is 0 Å². The molecular weight excluding hydrogens is 328 g/mol. The fraction of sp³-hybridized carbons (Fsp3) is 0.647. The van der Waals surface area contributed by atoms with E-state index in [0.717, 1.165) is 37.0 Å². The van der Waals surface area contributed by atoms with Crippen LogP contribution in [0, 0.1) is 0 Å². The lowest BCUT2D eigenvalue weighted by Crippen LogP contribution is -2.35. The van der Waals surface area contributed by atoms with E-state index in [1.165, 1.54) is 5.56 Å². The van der Waals surface area contributed by atoms with Crippen LogP contribution in [0.1, 0.15) is 38.3 Å². The van der Waals surface area contributed by atoms with Gasteiger partial charge in [0.15, 0.2) is 0 Å². The molecule has 3 nitrogen and oxygen atoms in total. The third-order valence-corrected chi connectivity index (χ3v) is 4.32. The first-order valence-electron chi connectivity index (χ1n) is 7.76. The molecule has 0 fully saturated rings. The Labute approximate surface area is 138 Å². The normalized spacial score (nSPS) is 14.4. The third kappa shape index (κ3) is 6.92. The van der Waals surface area contributed by atoms with Gasteiger partial charge >= 0.3 is 0 Å². The van der Waals surface area contributed by atoms with Crippen molar-refractivity contribution in [3.8, 4) is 0 Å². The fourth-order valence-corrected chi connectivity index (χ4v) is 2.77. The minimum absolute atomic E-state index is 0.402. The van der Waals surface area contributed by atoms with Crippen molar-refractivity contribution >= 4 is 15.9 Å². The first-order chi connectivity index (χ1) is 10.1. The van der Waals surface area contributed by atoms with Gasteiger partial charge in [0.25, 0.3) is 0 Å². The molecule has 2 atom stereocenters. The molecule has 1 aromatic carbocycles. The third-order valence-electron chi connectivity index (χ3n) is 3.82. The summed E-state index contributed by atoms with van der Waals surface area (Å²) in [4.78, 5) is 2.36. The van der Waals surface area contributed by atoms with Gasteiger partial charge < -0.3 is 15.0 Å². The molecule has 1 rings (SSSR count). The molecule has 0 radical (unpaired) electrons. The zero-order valence-electron chi connectivity index (χ0n) is 13.7. The van der Waals surface area contributed by atoms with Crippen LogP contribution in [-0.2, 0) is 4.74 Å². The summed E-state index contributed by atoms with van der Waals surface area (Å²) in [6, 6.07) is 9.46. The molecule has 4 heteroatoms. The molecule has 0 aromatic heterocycles. The van der Waals surface area contributed by atoms with Crippen LogP contribution in [0.25, 0.3) is 0 Å². The number of methoxy groups -OCH3 is 1. The summed E-state index contributed by atoms with van der Waals surface area (Å²) in [5, 5.41) is 3.66. The molecule has 1 aromatic rings. The molecule has 2 unspecified atom stereocenters. The molecule has 0 saturated heterocycles. The number of benzene rings is 1. The van der Waals surface area contributed by atoms with E-state index >= 15 is 0 Å². The smallest absolute Gasteiger partial charge is 0.0615 e. The van der Waals surface area contributed by atoms with Crippen LogP contribution in [0.5, 0.6) is 0 Å². The lowest BCUT2D eigenvalue weighted by molar-refractivity contribution is 0.113. The maximum Gasteiger partial charge on any atom is 0.0615 e. The van der Waals surface area contributed by atoms with Crippen molar-refractivity contribution < 1.29 is 4.74 Å². The Morgan fingerprint density at radius 2 is 2.14 bits per heavy atom. The first-order valence-corrected chi connectivity index (χ1v) is 8.55. The Morgan fingerprint density at radius 3 is 2.76 bits per heavy atom. The van der Waals surface area contributed by atoms with Gasteiger partial charge in [-0.1, -0.05) is 35.0 Å². The lowest BCUT2D eigenvalue weighted by Gasteiger charge is -2.27. The fourth-order valence-electron chi connectivity index (χ4n) is 2.35. The van der Waals surface area contributed by atoms with Gasteiger partial charge in [-0.25, -0.2) is 0 Å². The summed E-state index contributed by atoms with van der Waals surface area (Å²) in [6.07, 6.45) is 2.25. The molecule has 0 aliphatic rings. The number of ether oxygens (including phenoxy) is 1. The SMILES string of the molecule is CCCNC(CCN(C)C(C)COC)c1cccc(Br)c1. The number of halogens is 1. The first kappa shape index (κ1) is 18.6. The predicted molar refractivity (Wildman–Crippen MR) is 93.8 cm³/mol. The zero-order chi connectivity index (χ0) is 15.7. The number of hydrogen-bond acceptors (Lipinski definition) is 3. The van der Waals surface area contributed by atoms with Crippen molar-refractivity contribution in [3.05, 3.63) is 34.3 Å². The van der Waals surface area contributed by atoms with Crippen molar-refractivity contribution in [1.82, 2.24) is 10.2 Å². The Morgan fingerprint density at radius 1 is 1.38 bits per heavy atom. The Bertz CT molecular complexity index is 400. The number of likely N-dealkylation sites (N-methyl/N-ethyl adjacent to an activating group) is 1. The van der Waals surface area contributed by atoms with Crippen molar-refractivity contribution in [1.29, 1.82) is 0 Å². The van der Waals surface area contributed by atoms with Crippen LogP contribution in [0.3, 0.4) is 0 Å². The lowest BCUT2D eigenvalue weighted by atomic mass is 10.0. The summed E-state index contributed by atoms with van der Waals surface area (Å²) < 4.78 is 6.38. The molecule has 0 spiro atoms. The van der Waals surface area contributed by atoms with Gasteiger partial charge in [-0.05, 0) is 51.1 Å². The topological polar surface area (TPSA) is 24.5 Å². The molecule has 0 bridgehead atoms. The second-order valence-corrected chi connectivity index (χ2v) is 6.55. The summed E-state index contributed by atoms with van der Waals surface area (Å²) in [6.45, 7) is 7.29. The second kappa shape index (κ2) is 10.3. The molecule has 0 saturated carbocycles. The van der Waals surface area contributed by atoms with Crippen molar-refractivity contribution in [3.63, 3.8) is 0 Å². The minimum atomic E-state index is 0.402. The molecule has 1 N–H and O–H groups in total. The number of rotatable bonds is 10. The molecule has 0 aliphatic heterocycles. The molecule has 0 amide bonds. The van der Waals surface area contributed by atoms with E-state index in [-0.39, 0.29) is 0 Å². The predicted octanol–water partition coefficient (Wildman–Crippen LogP) is 3.85. The second-order valence-electron chi connectivity index (χ2n) is 5.64. The number of nitrogens with zero attached hydrogens (tertiary/aromatic N) is 1. The van der Waals surface area contributed by atoms with Gasteiger partial charge in [-0.3, -0.25) is 0 Å². The van der Waals surface area contributed by atoms with Crippen molar-refractivity contribution in [2.75, 3.05) is 33.9 Å². The van der Waals surface area contributed by atoms with Gasteiger partial charge in [-0.15, -0.1) is 0 Å². The monoisotopic (exact) mass is 356 g/mol. The van der Waals surface area contributed by atoms with E-state index in [2.05, 4.69) is 71.3 Å². The molecular formula is C17H29BrN2O. The Hall–Kier alpha value is -0.420. The largest absolute Gasteiger partial charge is 0.383 e. The molecule has 120 valence electrons. The van der Waals surface area contributed by atoms with Crippen LogP contribution >= 0.6 is 15.9 Å². The Kier molecular flexibility index (Phi) is 9.16. The molecule has 21 heavy (non-hydrogen) atoms. The van der Waals surface area contributed by atoms with Crippen molar-refractivity contribution in [2.45, 2.75) is 38.8 Å². The van der Waals surface area contributed by atoms with E-state index in [1.807, 2.05) is 0 Å². The van der Waals surface area contributed by atoms with Gasteiger partial charge in [0.2, 0.25) is 0 Å². The van der Waals surface area contributed by atoms with E-state index in [9.17, 15) is 0 Å². The molecule has 0 aliphatic carbocycles. The standard InChI is InChI=1S/C17H29BrN2O/c1-5-10-19-17(15-7-6-8-16(18)12-15)9-11-20(3)14(2)13-21-4/h6-8,12,14,17,19H,5,9-11,13H2,1-4H3. The number of nitrogens with one attached hydrogen (secondary N) is 1. The van der Waals surface area contributed by atoms with E-state index in [0.29, 0.717) is 12.1 Å². The Balaban J connectivity index is 2.62. The van der Waals surface area contributed by atoms with Gasteiger partial charge in [0.05, 0.1) is 6.61 Å². The highest BCUT2D eigenvalue weighted by molar-refractivity contribution is 9.10. The number of hydrogen-bond donors (Lipinski definition) is 1. The van der Waals surface area contributed by atoms with Crippen molar-refractivity contribution in [2.24, 2.45) is 0 Å². The summed E-state index contributed by atoms with van der Waals surface area (Å²) >= 11 is 3.57. The highest BCUT2D eigenvalue weighted by Gasteiger charge is 2.14. The van der Waals surface area contributed by atoms with Gasteiger partial charge in [-0.2, -0.15) is 0 Å². The summed E-state index contributed by atoms with van der Waals surface area (Å²) in [5.41, 5.74) is 1.35. The maximum absolute atomic E-state index is 5.23. The van der Waals surface area contributed by atoms with Crippen LogP contribution in [-0.4, -0.2) is 44.8 Å². The van der Waals surface area contributed by atoms with Crippen LogP contribution < -0.4 is 5.32 Å². The van der Waals surface area contributed by atoms with Crippen LogP contribution in [0.2, 0.25) is 0 Å². The molecule has 0 heterocycles. The summed E-state index contributed by atoms with van der Waals surface area (Å²) in [7, 11) is 3.93. The average Bonchev–Trinajstić information content (AvgIpc) is 2.47. The minimum Gasteiger partial charge on any atom is -0.383 e. The highest BCUT2D eigenvalue weighted by Crippen LogP contribution is 2.21. The van der Waals surface area contributed by atoms with E-state index in [1.54, 1.807) is 7.11 Å². The quantitative estimate of drug-likeness (QED) is 0.689. The highest BCUT2D eigenvalue weighted by atomic mass is 79.9.